The van der Waals surface area contributed by atoms with Crippen molar-refractivity contribution in [3.63, 3.8) is 0 Å². The maximum atomic E-state index is 13.1. The summed E-state index contributed by atoms with van der Waals surface area (Å²) in [4.78, 5) is 56.9. The average Bonchev–Trinajstić information content (AvgIpc) is 3.34. The second-order valence-corrected chi connectivity index (χ2v) is 9.05. The standard InChI is InChI=1S/C23H32N6O5S/c1-14(24)20(30)28-18(11-16-12-25-13-26-16)22(32)27-17(8-9-35-2)21(31)29-19(23(33)34)10-15-6-4-3-5-7-15/h3-7,12-14,17-19H,8-11,24H2,1-2H3,(H,25,26)(H,27,32)(H,28,30)(H,29,31)(H,33,34). The number of rotatable bonds is 14. The zero-order chi connectivity index (χ0) is 25.8. The molecule has 0 saturated heterocycles. The van der Waals surface area contributed by atoms with Crippen LogP contribution in [-0.2, 0) is 32.0 Å². The Balaban J connectivity index is 2.14. The molecule has 35 heavy (non-hydrogen) atoms. The van der Waals surface area contributed by atoms with Gasteiger partial charge in [-0.15, -0.1) is 0 Å². The lowest BCUT2D eigenvalue weighted by Crippen LogP contribution is -2.57. The Labute approximate surface area is 208 Å². The van der Waals surface area contributed by atoms with Gasteiger partial charge in [-0.1, -0.05) is 30.3 Å². The minimum Gasteiger partial charge on any atom is -0.480 e. The van der Waals surface area contributed by atoms with Crippen molar-refractivity contribution >= 4 is 35.5 Å². The average molecular weight is 505 g/mol. The Morgan fingerprint density at radius 3 is 2.20 bits per heavy atom. The number of nitrogens with one attached hydrogen (secondary N) is 4. The van der Waals surface area contributed by atoms with Crippen molar-refractivity contribution in [2.45, 2.75) is 50.4 Å². The number of carboxylic acids is 1. The van der Waals surface area contributed by atoms with E-state index in [4.69, 9.17) is 5.73 Å². The van der Waals surface area contributed by atoms with Crippen LogP contribution >= 0.6 is 11.8 Å². The molecule has 0 fully saturated rings. The first-order chi connectivity index (χ1) is 16.7. The minimum atomic E-state index is -1.18. The highest BCUT2D eigenvalue weighted by atomic mass is 32.2. The van der Waals surface area contributed by atoms with Crippen molar-refractivity contribution < 1.29 is 24.3 Å². The Kier molecular flexibility index (Phi) is 11.2. The van der Waals surface area contributed by atoms with E-state index in [0.29, 0.717) is 11.4 Å². The molecule has 2 aromatic rings. The van der Waals surface area contributed by atoms with Crippen LogP contribution in [0.15, 0.2) is 42.9 Å². The number of hydrogen-bond acceptors (Lipinski definition) is 7. The lowest BCUT2D eigenvalue weighted by atomic mass is 10.0. The number of thioether (sulfide) groups is 1. The molecule has 0 aliphatic heterocycles. The number of carboxylic acid groups (broad SMARTS) is 1. The van der Waals surface area contributed by atoms with E-state index in [9.17, 15) is 24.3 Å². The van der Waals surface area contributed by atoms with Crippen LogP contribution in [0, 0.1) is 0 Å². The SMILES string of the molecule is CSCCC(NC(=O)C(Cc1cnc[nH]1)NC(=O)C(C)N)C(=O)NC(Cc1ccccc1)C(=O)O. The van der Waals surface area contributed by atoms with Gasteiger partial charge in [-0.05, 0) is 30.9 Å². The summed E-state index contributed by atoms with van der Waals surface area (Å²) >= 11 is 1.48. The highest BCUT2D eigenvalue weighted by molar-refractivity contribution is 7.98. The van der Waals surface area contributed by atoms with Gasteiger partial charge in [-0.2, -0.15) is 11.8 Å². The van der Waals surface area contributed by atoms with Gasteiger partial charge < -0.3 is 31.8 Å². The molecule has 1 heterocycles. The number of imidazole rings is 1. The quantitative estimate of drug-likeness (QED) is 0.205. The zero-order valence-corrected chi connectivity index (χ0v) is 20.5. The molecule has 12 heteroatoms. The molecule has 11 nitrogen and oxygen atoms in total. The molecule has 190 valence electrons. The number of amides is 3. The first-order valence-electron chi connectivity index (χ1n) is 11.1. The predicted octanol–water partition coefficient (Wildman–Crippen LogP) is -0.166. The van der Waals surface area contributed by atoms with Gasteiger partial charge >= 0.3 is 5.97 Å². The Bertz CT molecular complexity index is 970. The monoisotopic (exact) mass is 504 g/mol. The maximum Gasteiger partial charge on any atom is 0.326 e. The van der Waals surface area contributed by atoms with Gasteiger partial charge in [0.25, 0.3) is 0 Å². The third kappa shape index (κ3) is 9.41. The number of carbonyl (C=O) groups excluding carboxylic acids is 3. The van der Waals surface area contributed by atoms with E-state index in [1.54, 1.807) is 24.3 Å². The Morgan fingerprint density at radius 1 is 1.00 bits per heavy atom. The van der Waals surface area contributed by atoms with E-state index in [-0.39, 0.29) is 19.3 Å². The number of benzene rings is 1. The van der Waals surface area contributed by atoms with Gasteiger partial charge in [0.15, 0.2) is 0 Å². The second kappa shape index (κ2) is 14.1. The summed E-state index contributed by atoms with van der Waals surface area (Å²) < 4.78 is 0. The molecule has 4 atom stereocenters. The molecule has 1 aromatic carbocycles. The van der Waals surface area contributed by atoms with Gasteiger partial charge in [0.05, 0.1) is 12.4 Å². The minimum absolute atomic E-state index is 0.0952. The smallest absolute Gasteiger partial charge is 0.326 e. The topological polar surface area (TPSA) is 179 Å². The van der Waals surface area contributed by atoms with E-state index in [1.807, 2.05) is 12.3 Å². The third-order valence-corrected chi connectivity index (χ3v) is 5.81. The van der Waals surface area contributed by atoms with Gasteiger partial charge in [0.1, 0.15) is 18.1 Å². The van der Waals surface area contributed by atoms with E-state index < -0.39 is 47.9 Å². The van der Waals surface area contributed by atoms with E-state index in [1.165, 1.54) is 31.2 Å². The van der Waals surface area contributed by atoms with E-state index in [2.05, 4.69) is 25.9 Å². The van der Waals surface area contributed by atoms with Crippen LogP contribution in [-0.4, -0.2) is 74.9 Å². The molecule has 0 aliphatic carbocycles. The summed E-state index contributed by atoms with van der Waals surface area (Å²) in [5.74, 6) is -2.37. The van der Waals surface area contributed by atoms with Crippen molar-refractivity contribution in [3.8, 4) is 0 Å². The van der Waals surface area contributed by atoms with Crippen LogP contribution in [0.5, 0.6) is 0 Å². The first-order valence-corrected chi connectivity index (χ1v) is 12.5. The highest BCUT2D eigenvalue weighted by Crippen LogP contribution is 2.07. The van der Waals surface area contributed by atoms with Gasteiger partial charge in [-0.3, -0.25) is 14.4 Å². The molecule has 3 amide bonds. The molecular formula is C23H32N6O5S. The number of aliphatic carboxylic acids is 1. The fourth-order valence-corrected chi connectivity index (χ4v) is 3.70. The molecule has 0 bridgehead atoms. The van der Waals surface area contributed by atoms with Gasteiger partial charge in [0.2, 0.25) is 17.7 Å². The van der Waals surface area contributed by atoms with Crippen molar-refractivity contribution in [3.05, 3.63) is 54.1 Å². The molecule has 0 aliphatic rings. The zero-order valence-electron chi connectivity index (χ0n) is 19.7. The molecule has 7 N–H and O–H groups in total. The number of nitrogens with zero attached hydrogens (tertiary/aromatic N) is 1. The van der Waals surface area contributed by atoms with Crippen LogP contribution in [0.25, 0.3) is 0 Å². The third-order valence-electron chi connectivity index (χ3n) is 5.17. The lowest BCUT2D eigenvalue weighted by molar-refractivity contribution is -0.142. The lowest BCUT2D eigenvalue weighted by Gasteiger charge is -2.25. The highest BCUT2D eigenvalue weighted by Gasteiger charge is 2.30. The van der Waals surface area contributed by atoms with Crippen molar-refractivity contribution in [1.82, 2.24) is 25.9 Å². The molecular weight excluding hydrogens is 472 g/mol. The number of nitrogens with two attached hydrogens (primary N) is 1. The Morgan fingerprint density at radius 2 is 1.63 bits per heavy atom. The summed E-state index contributed by atoms with van der Waals surface area (Å²) in [6.45, 7) is 1.49. The van der Waals surface area contributed by atoms with Crippen LogP contribution in [0.3, 0.4) is 0 Å². The molecule has 1 aromatic heterocycles. The largest absolute Gasteiger partial charge is 0.480 e. The summed E-state index contributed by atoms with van der Waals surface area (Å²) in [7, 11) is 0. The Hall–Kier alpha value is -3.38. The van der Waals surface area contributed by atoms with Crippen LogP contribution in [0.4, 0.5) is 0 Å². The second-order valence-electron chi connectivity index (χ2n) is 8.06. The normalized spacial score (nSPS) is 14.3. The number of carbonyl (C=O) groups is 4. The fraction of sp³-hybridized carbons (Fsp3) is 0.435. The summed E-state index contributed by atoms with van der Waals surface area (Å²) in [5, 5.41) is 17.4. The summed E-state index contributed by atoms with van der Waals surface area (Å²) in [6.07, 6.45) is 5.30. The van der Waals surface area contributed by atoms with Crippen LogP contribution < -0.4 is 21.7 Å². The van der Waals surface area contributed by atoms with Gasteiger partial charge in [0, 0.05) is 24.7 Å². The number of H-pyrrole nitrogens is 1. The van der Waals surface area contributed by atoms with Crippen molar-refractivity contribution in [2.75, 3.05) is 12.0 Å². The summed E-state index contributed by atoms with van der Waals surface area (Å²) in [5.41, 5.74) is 6.99. The van der Waals surface area contributed by atoms with Crippen molar-refractivity contribution in [1.29, 1.82) is 0 Å². The van der Waals surface area contributed by atoms with Crippen molar-refractivity contribution in [2.24, 2.45) is 5.73 Å². The first kappa shape index (κ1) is 27.9. The predicted molar refractivity (Wildman–Crippen MR) is 133 cm³/mol. The summed E-state index contributed by atoms with van der Waals surface area (Å²) in [6, 6.07) is 4.92. The van der Waals surface area contributed by atoms with Crippen LogP contribution in [0.1, 0.15) is 24.6 Å². The fourth-order valence-electron chi connectivity index (χ4n) is 3.23. The van der Waals surface area contributed by atoms with E-state index in [0.717, 1.165) is 5.56 Å². The number of aromatic amines is 1. The molecule has 0 spiro atoms. The molecule has 2 rings (SSSR count). The maximum absolute atomic E-state index is 13.1. The molecule has 0 saturated carbocycles. The number of aromatic nitrogens is 2. The van der Waals surface area contributed by atoms with E-state index >= 15 is 0 Å². The number of hydrogen-bond donors (Lipinski definition) is 6. The molecule has 0 radical (unpaired) electrons. The van der Waals surface area contributed by atoms with Gasteiger partial charge in [-0.25, -0.2) is 9.78 Å². The van der Waals surface area contributed by atoms with Crippen LogP contribution in [0.2, 0.25) is 0 Å². The molecule has 4 unspecified atom stereocenters.